The van der Waals surface area contributed by atoms with Crippen molar-refractivity contribution < 1.29 is 23.9 Å². The summed E-state index contributed by atoms with van der Waals surface area (Å²) in [6.45, 7) is 1.59. The summed E-state index contributed by atoms with van der Waals surface area (Å²) in [5, 5.41) is 12.7. The van der Waals surface area contributed by atoms with Crippen LogP contribution in [0.5, 0.6) is 0 Å². The molecule has 0 radical (unpaired) electrons. The molecule has 0 aromatic heterocycles. The van der Waals surface area contributed by atoms with Gasteiger partial charge in [0.1, 0.15) is 5.82 Å². The van der Waals surface area contributed by atoms with Crippen LogP contribution in [0.25, 0.3) is 0 Å². The Balaban J connectivity index is 2.41. The molecule has 0 unspecified atom stereocenters. The van der Waals surface area contributed by atoms with E-state index in [1.807, 2.05) is 5.32 Å². The minimum Gasteiger partial charge on any atom is -0.481 e. The molecule has 1 aromatic carbocycles. The van der Waals surface area contributed by atoms with Gasteiger partial charge in [-0.3, -0.25) is 14.9 Å². The Hall–Kier alpha value is -2.44. The SMILES string of the molecule is Cc1ccc(NC(=O)NC(=O)CCCC(=O)O)cc1F. The van der Waals surface area contributed by atoms with Crippen LogP contribution in [0.2, 0.25) is 0 Å². The summed E-state index contributed by atoms with van der Waals surface area (Å²) in [6, 6.07) is 3.37. The summed E-state index contributed by atoms with van der Waals surface area (Å²) in [5.41, 5.74) is 0.671. The van der Waals surface area contributed by atoms with Crippen molar-refractivity contribution in [3.63, 3.8) is 0 Å². The van der Waals surface area contributed by atoms with Crippen LogP contribution in [0.15, 0.2) is 18.2 Å². The quantitative estimate of drug-likeness (QED) is 0.770. The van der Waals surface area contributed by atoms with E-state index >= 15 is 0 Å². The third-order valence-corrected chi connectivity index (χ3v) is 2.48. The lowest BCUT2D eigenvalue weighted by molar-refractivity contribution is -0.137. The summed E-state index contributed by atoms with van der Waals surface area (Å²) in [6.07, 6.45) is -0.0617. The average molecular weight is 282 g/mol. The Kier molecular flexibility index (Phi) is 5.64. The number of aryl methyl sites for hydroxylation is 1. The van der Waals surface area contributed by atoms with Gasteiger partial charge in [-0.1, -0.05) is 6.07 Å². The minimum atomic E-state index is -1.00. The fourth-order valence-corrected chi connectivity index (χ4v) is 1.42. The Morgan fingerprint density at radius 2 is 1.95 bits per heavy atom. The number of amides is 3. The van der Waals surface area contributed by atoms with Gasteiger partial charge in [0.15, 0.2) is 0 Å². The molecule has 0 aliphatic carbocycles. The van der Waals surface area contributed by atoms with Gasteiger partial charge < -0.3 is 10.4 Å². The Morgan fingerprint density at radius 1 is 1.25 bits per heavy atom. The van der Waals surface area contributed by atoms with Crippen molar-refractivity contribution in [1.29, 1.82) is 0 Å². The molecule has 3 N–H and O–H groups in total. The number of hydrogen-bond acceptors (Lipinski definition) is 3. The highest BCUT2D eigenvalue weighted by molar-refractivity contribution is 6.01. The molecule has 108 valence electrons. The topological polar surface area (TPSA) is 95.5 Å². The van der Waals surface area contributed by atoms with Crippen molar-refractivity contribution >= 4 is 23.6 Å². The third-order valence-electron chi connectivity index (χ3n) is 2.48. The maximum atomic E-state index is 13.2. The summed E-state index contributed by atoms with van der Waals surface area (Å²) in [7, 11) is 0. The summed E-state index contributed by atoms with van der Waals surface area (Å²) in [4.78, 5) is 33.0. The average Bonchev–Trinajstić information content (AvgIpc) is 2.33. The highest BCUT2D eigenvalue weighted by atomic mass is 19.1. The van der Waals surface area contributed by atoms with Crippen molar-refractivity contribution in [2.45, 2.75) is 26.2 Å². The van der Waals surface area contributed by atoms with Crippen LogP contribution in [0, 0.1) is 12.7 Å². The number of rotatable bonds is 5. The lowest BCUT2D eigenvalue weighted by atomic mass is 10.2. The molecule has 1 rings (SSSR count). The first-order valence-electron chi connectivity index (χ1n) is 5.97. The Bertz CT molecular complexity index is 531. The minimum absolute atomic E-state index is 0.0675. The molecule has 1 aromatic rings. The Morgan fingerprint density at radius 3 is 2.55 bits per heavy atom. The lowest BCUT2D eigenvalue weighted by Gasteiger charge is -2.07. The number of carbonyl (C=O) groups is 3. The fourth-order valence-electron chi connectivity index (χ4n) is 1.42. The number of hydrogen-bond donors (Lipinski definition) is 3. The second-order valence-corrected chi connectivity index (χ2v) is 4.21. The molecular weight excluding hydrogens is 267 g/mol. The van der Waals surface area contributed by atoms with E-state index in [4.69, 9.17) is 5.11 Å². The molecule has 0 spiro atoms. The number of carbonyl (C=O) groups excluding carboxylic acids is 2. The van der Waals surface area contributed by atoms with Crippen molar-refractivity contribution in [3.05, 3.63) is 29.6 Å². The number of carboxylic acids is 1. The lowest BCUT2D eigenvalue weighted by Crippen LogP contribution is -2.34. The number of anilines is 1. The van der Waals surface area contributed by atoms with Crippen molar-refractivity contribution in [1.82, 2.24) is 5.32 Å². The van der Waals surface area contributed by atoms with Crippen LogP contribution in [0.1, 0.15) is 24.8 Å². The van der Waals surface area contributed by atoms with Gasteiger partial charge in [0.2, 0.25) is 5.91 Å². The van der Waals surface area contributed by atoms with Gasteiger partial charge in [0.25, 0.3) is 0 Å². The van der Waals surface area contributed by atoms with Crippen LogP contribution < -0.4 is 10.6 Å². The summed E-state index contributed by atoms with van der Waals surface area (Å²) in [5.74, 6) is -2.05. The summed E-state index contributed by atoms with van der Waals surface area (Å²) >= 11 is 0. The highest BCUT2D eigenvalue weighted by Crippen LogP contribution is 2.13. The number of aliphatic carboxylic acids is 1. The standard InChI is InChI=1S/C13H15FN2O4/c1-8-5-6-9(7-10(8)14)15-13(20)16-11(17)3-2-4-12(18)19/h5-7H,2-4H2,1H3,(H,18,19)(H2,15,16,17,20). The molecule has 0 aliphatic heterocycles. The molecule has 3 amide bonds. The molecule has 6 nitrogen and oxygen atoms in total. The van der Waals surface area contributed by atoms with E-state index in [1.165, 1.54) is 12.1 Å². The third kappa shape index (κ3) is 5.47. The molecule has 0 saturated carbocycles. The van der Waals surface area contributed by atoms with Crippen molar-refractivity contribution in [2.24, 2.45) is 0 Å². The first kappa shape index (κ1) is 15.6. The second-order valence-electron chi connectivity index (χ2n) is 4.21. The van der Waals surface area contributed by atoms with Crippen LogP contribution in [-0.4, -0.2) is 23.0 Å². The molecule has 0 aliphatic rings. The molecule has 0 atom stereocenters. The predicted molar refractivity (Wildman–Crippen MR) is 69.8 cm³/mol. The van der Waals surface area contributed by atoms with Gasteiger partial charge in [-0.15, -0.1) is 0 Å². The van der Waals surface area contributed by atoms with E-state index < -0.39 is 23.7 Å². The fraction of sp³-hybridized carbons (Fsp3) is 0.308. The zero-order valence-corrected chi connectivity index (χ0v) is 10.9. The van der Waals surface area contributed by atoms with Gasteiger partial charge in [-0.2, -0.15) is 0 Å². The number of imide groups is 1. The van der Waals surface area contributed by atoms with E-state index in [2.05, 4.69) is 5.32 Å². The molecule has 0 saturated heterocycles. The molecule has 0 fully saturated rings. The predicted octanol–water partition coefficient (Wildman–Crippen LogP) is 2.04. The van der Waals surface area contributed by atoms with E-state index in [-0.39, 0.29) is 24.9 Å². The van der Waals surface area contributed by atoms with E-state index in [9.17, 15) is 18.8 Å². The van der Waals surface area contributed by atoms with Crippen molar-refractivity contribution in [2.75, 3.05) is 5.32 Å². The molecule has 7 heteroatoms. The maximum Gasteiger partial charge on any atom is 0.325 e. The van der Waals surface area contributed by atoms with Gasteiger partial charge in [-0.05, 0) is 31.0 Å². The Labute approximate surface area is 115 Å². The largest absolute Gasteiger partial charge is 0.481 e. The van der Waals surface area contributed by atoms with Gasteiger partial charge in [0.05, 0.1) is 0 Å². The monoisotopic (exact) mass is 282 g/mol. The van der Waals surface area contributed by atoms with E-state index in [0.717, 1.165) is 6.07 Å². The smallest absolute Gasteiger partial charge is 0.325 e. The number of nitrogens with one attached hydrogen (secondary N) is 2. The number of carboxylic acid groups (broad SMARTS) is 1. The molecule has 0 bridgehead atoms. The van der Waals surface area contributed by atoms with Crippen LogP contribution >= 0.6 is 0 Å². The zero-order valence-electron chi connectivity index (χ0n) is 10.9. The zero-order chi connectivity index (χ0) is 15.1. The first-order chi connectivity index (χ1) is 9.38. The first-order valence-corrected chi connectivity index (χ1v) is 5.97. The normalized spacial score (nSPS) is 9.90. The van der Waals surface area contributed by atoms with Crippen LogP contribution in [0.3, 0.4) is 0 Å². The van der Waals surface area contributed by atoms with Crippen LogP contribution in [0.4, 0.5) is 14.9 Å². The van der Waals surface area contributed by atoms with Crippen LogP contribution in [-0.2, 0) is 9.59 Å². The van der Waals surface area contributed by atoms with Gasteiger partial charge in [-0.25, -0.2) is 9.18 Å². The van der Waals surface area contributed by atoms with Gasteiger partial charge >= 0.3 is 12.0 Å². The maximum absolute atomic E-state index is 13.2. The molecule has 0 heterocycles. The molecular formula is C13H15FN2O4. The second kappa shape index (κ2) is 7.22. The molecule has 20 heavy (non-hydrogen) atoms. The van der Waals surface area contributed by atoms with E-state index in [1.54, 1.807) is 6.92 Å². The number of benzene rings is 1. The van der Waals surface area contributed by atoms with E-state index in [0.29, 0.717) is 5.56 Å². The highest BCUT2D eigenvalue weighted by Gasteiger charge is 2.09. The number of halogens is 1. The van der Waals surface area contributed by atoms with Gasteiger partial charge in [0, 0.05) is 18.5 Å². The number of urea groups is 1. The van der Waals surface area contributed by atoms with Crippen molar-refractivity contribution in [3.8, 4) is 0 Å². The summed E-state index contributed by atoms with van der Waals surface area (Å²) < 4.78 is 13.2.